The van der Waals surface area contributed by atoms with Crippen LogP contribution in [-0.4, -0.2) is 47.9 Å². The van der Waals surface area contributed by atoms with Gasteiger partial charge in [0.1, 0.15) is 6.10 Å². The van der Waals surface area contributed by atoms with E-state index in [1.165, 1.54) is 0 Å². The Morgan fingerprint density at radius 1 is 1.43 bits per heavy atom. The van der Waals surface area contributed by atoms with Gasteiger partial charge in [0, 0.05) is 18.6 Å². The Labute approximate surface area is 126 Å². The van der Waals surface area contributed by atoms with Crippen molar-refractivity contribution in [3.05, 3.63) is 0 Å². The van der Waals surface area contributed by atoms with Crippen molar-refractivity contribution in [2.24, 2.45) is 0 Å². The van der Waals surface area contributed by atoms with Gasteiger partial charge < -0.3 is 19.9 Å². The van der Waals surface area contributed by atoms with E-state index in [2.05, 4.69) is 5.32 Å². The fraction of sp³-hybridized carbons (Fsp3) is 0.867. The Balaban J connectivity index is 2.30. The summed E-state index contributed by atoms with van der Waals surface area (Å²) in [5.74, 6) is -1.09. The van der Waals surface area contributed by atoms with Crippen LogP contribution in [0.4, 0.5) is 0 Å². The molecule has 1 amide bonds. The van der Waals surface area contributed by atoms with Gasteiger partial charge in [0.2, 0.25) is 5.91 Å². The Bertz CT molecular complexity index is 350. The maximum atomic E-state index is 12.1. The summed E-state index contributed by atoms with van der Waals surface area (Å²) >= 11 is 0. The molecule has 6 nitrogen and oxygen atoms in total. The van der Waals surface area contributed by atoms with E-state index >= 15 is 0 Å². The zero-order valence-electron chi connectivity index (χ0n) is 13.2. The largest absolute Gasteiger partial charge is 0.481 e. The van der Waals surface area contributed by atoms with E-state index in [-0.39, 0.29) is 18.4 Å². The molecule has 0 saturated carbocycles. The number of carbonyl (C=O) groups is 2. The number of nitrogens with one attached hydrogen (secondary N) is 1. The van der Waals surface area contributed by atoms with Crippen LogP contribution in [0.2, 0.25) is 0 Å². The monoisotopic (exact) mass is 301 g/mol. The molecule has 0 bridgehead atoms. The lowest BCUT2D eigenvalue weighted by molar-refractivity contribution is -0.140. The number of rotatable bonds is 8. The van der Waals surface area contributed by atoms with E-state index in [9.17, 15) is 9.59 Å². The lowest BCUT2D eigenvalue weighted by Gasteiger charge is -2.28. The predicted molar refractivity (Wildman–Crippen MR) is 78.1 cm³/mol. The predicted octanol–water partition coefficient (Wildman–Crippen LogP) is 1.72. The van der Waals surface area contributed by atoms with Gasteiger partial charge in [0.25, 0.3) is 0 Å². The minimum Gasteiger partial charge on any atom is -0.481 e. The fourth-order valence-corrected chi connectivity index (χ4v) is 2.18. The average molecular weight is 301 g/mol. The third-order valence-corrected chi connectivity index (χ3v) is 3.60. The molecule has 1 fully saturated rings. The number of hydrogen-bond acceptors (Lipinski definition) is 4. The number of aliphatic carboxylic acids is 1. The Morgan fingerprint density at radius 2 is 2.14 bits per heavy atom. The number of ether oxygens (including phenoxy) is 2. The van der Waals surface area contributed by atoms with E-state index in [0.29, 0.717) is 13.0 Å². The molecule has 1 aliphatic rings. The van der Waals surface area contributed by atoms with E-state index in [1.54, 1.807) is 6.92 Å². The maximum Gasteiger partial charge on any atom is 0.303 e. The second-order valence-electron chi connectivity index (χ2n) is 6.23. The van der Waals surface area contributed by atoms with Crippen molar-refractivity contribution >= 4 is 11.9 Å². The van der Waals surface area contributed by atoms with E-state index in [0.717, 1.165) is 25.9 Å². The summed E-state index contributed by atoms with van der Waals surface area (Å²) in [4.78, 5) is 22.6. The van der Waals surface area contributed by atoms with Crippen LogP contribution in [0.3, 0.4) is 0 Å². The highest BCUT2D eigenvalue weighted by Crippen LogP contribution is 2.14. The Hall–Kier alpha value is -1.14. The first kappa shape index (κ1) is 17.9. The molecule has 0 aromatic carbocycles. The molecular weight excluding hydrogens is 274 g/mol. The first-order valence-electron chi connectivity index (χ1n) is 7.57. The second kappa shape index (κ2) is 8.34. The summed E-state index contributed by atoms with van der Waals surface area (Å²) in [7, 11) is 0. The Morgan fingerprint density at radius 3 is 2.71 bits per heavy atom. The number of carbonyl (C=O) groups excluding carboxylic acids is 1. The molecule has 2 N–H and O–H groups in total. The highest BCUT2D eigenvalue weighted by Gasteiger charge is 2.25. The van der Waals surface area contributed by atoms with Crippen molar-refractivity contribution in [3.63, 3.8) is 0 Å². The van der Waals surface area contributed by atoms with E-state index < -0.39 is 17.6 Å². The molecule has 1 heterocycles. The zero-order valence-corrected chi connectivity index (χ0v) is 13.2. The topological polar surface area (TPSA) is 84.9 Å². The van der Waals surface area contributed by atoms with Gasteiger partial charge in [-0.2, -0.15) is 0 Å². The van der Waals surface area contributed by atoms with Gasteiger partial charge in [-0.15, -0.1) is 0 Å². The van der Waals surface area contributed by atoms with Crippen molar-refractivity contribution in [2.75, 3.05) is 13.2 Å². The van der Waals surface area contributed by atoms with Crippen LogP contribution in [0.25, 0.3) is 0 Å². The normalized spacial score (nSPS) is 20.8. The second-order valence-corrected chi connectivity index (χ2v) is 6.23. The van der Waals surface area contributed by atoms with Gasteiger partial charge in [0.15, 0.2) is 0 Å². The first-order valence-corrected chi connectivity index (χ1v) is 7.57. The molecule has 2 atom stereocenters. The number of carboxylic acid groups (broad SMARTS) is 1. The molecule has 1 aliphatic heterocycles. The van der Waals surface area contributed by atoms with Crippen LogP contribution in [0.15, 0.2) is 0 Å². The summed E-state index contributed by atoms with van der Waals surface area (Å²) in [5, 5.41) is 11.5. The molecule has 122 valence electrons. The quantitative estimate of drug-likeness (QED) is 0.713. The third kappa shape index (κ3) is 7.43. The average Bonchev–Trinajstić information content (AvgIpc) is 2.43. The molecule has 1 saturated heterocycles. The summed E-state index contributed by atoms with van der Waals surface area (Å²) < 4.78 is 11.1. The van der Waals surface area contributed by atoms with Crippen LogP contribution >= 0.6 is 0 Å². The highest BCUT2D eigenvalue weighted by atomic mass is 16.5. The smallest absolute Gasteiger partial charge is 0.303 e. The van der Waals surface area contributed by atoms with Crippen molar-refractivity contribution < 1.29 is 24.2 Å². The van der Waals surface area contributed by atoms with Crippen LogP contribution in [-0.2, 0) is 19.1 Å². The standard InChI is InChI=1S/C15H27NO5/c1-11(21-10-12-6-4-5-9-20-12)14(19)16-15(2,3)8-7-13(17)18/h11-12H,4-10H2,1-3H3,(H,16,19)(H,17,18). The molecule has 1 rings (SSSR count). The van der Waals surface area contributed by atoms with E-state index in [1.807, 2.05) is 13.8 Å². The first-order chi connectivity index (χ1) is 9.80. The van der Waals surface area contributed by atoms with Crippen molar-refractivity contribution in [2.45, 2.75) is 70.6 Å². The molecule has 21 heavy (non-hydrogen) atoms. The summed E-state index contributed by atoms with van der Waals surface area (Å²) in [5.41, 5.74) is -0.561. The minimum atomic E-state index is -0.865. The molecular formula is C15H27NO5. The van der Waals surface area contributed by atoms with E-state index in [4.69, 9.17) is 14.6 Å². The third-order valence-electron chi connectivity index (χ3n) is 3.60. The maximum absolute atomic E-state index is 12.1. The lowest BCUT2D eigenvalue weighted by atomic mass is 9.98. The molecule has 2 unspecified atom stereocenters. The van der Waals surface area contributed by atoms with Crippen LogP contribution in [0, 0.1) is 0 Å². The number of hydrogen-bond donors (Lipinski definition) is 2. The SMILES string of the molecule is CC(OCC1CCCCO1)C(=O)NC(C)(C)CCC(=O)O. The summed E-state index contributed by atoms with van der Waals surface area (Å²) in [6.07, 6.45) is 3.11. The minimum absolute atomic E-state index is 0.0262. The highest BCUT2D eigenvalue weighted by molar-refractivity contribution is 5.81. The Kier molecular flexibility index (Phi) is 7.11. The summed E-state index contributed by atoms with van der Waals surface area (Å²) in [6, 6.07) is 0. The molecule has 0 aliphatic carbocycles. The fourth-order valence-electron chi connectivity index (χ4n) is 2.18. The molecule has 0 radical (unpaired) electrons. The lowest BCUT2D eigenvalue weighted by Crippen LogP contribution is -2.48. The van der Waals surface area contributed by atoms with Crippen LogP contribution in [0.1, 0.15) is 52.9 Å². The van der Waals surface area contributed by atoms with Gasteiger partial charge in [-0.05, 0) is 46.5 Å². The van der Waals surface area contributed by atoms with Gasteiger partial charge in [-0.3, -0.25) is 9.59 Å². The molecule has 0 aromatic rings. The number of amides is 1. The van der Waals surface area contributed by atoms with Crippen LogP contribution in [0.5, 0.6) is 0 Å². The molecule has 6 heteroatoms. The molecule has 0 spiro atoms. The molecule has 0 aromatic heterocycles. The van der Waals surface area contributed by atoms with Crippen molar-refractivity contribution in [1.29, 1.82) is 0 Å². The zero-order chi connectivity index (χ0) is 15.9. The summed E-state index contributed by atoms with van der Waals surface area (Å²) in [6.45, 7) is 6.50. The van der Waals surface area contributed by atoms with Crippen LogP contribution < -0.4 is 5.32 Å². The van der Waals surface area contributed by atoms with Gasteiger partial charge in [-0.25, -0.2) is 0 Å². The van der Waals surface area contributed by atoms with Crippen molar-refractivity contribution in [1.82, 2.24) is 5.32 Å². The van der Waals surface area contributed by atoms with Gasteiger partial charge in [-0.1, -0.05) is 0 Å². The van der Waals surface area contributed by atoms with Crippen molar-refractivity contribution in [3.8, 4) is 0 Å². The van der Waals surface area contributed by atoms with Gasteiger partial charge in [0.05, 0.1) is 12.7 Å². The number of carboxylic acids is 1. The van der Waals surface area contributed by atoms with Gasteiger partial charge >= 0.3 is 5.97 Å².